The number of hydrogen-bond donors (Lipinski definition) is 0. The largest absolute Gasteiger partial charge is 0.497 e. The summed E-state index contributed by atoms with van der Waals surface area (Å²) in [7, 11) is 1.68. The van der Waals surface area contributed by atoms with Crippen LogP contribution in [-0.2, 0) is 6.42 Å². The molecule has 2 nitrogen and oxygen atoms in total. The molecule has 0 fully saturated rings. The Labute approximate surface area is 110 Å². The van der Waals surface area contributed by atoms with Gasteiger partial charge >= 0.3 is 0 Å². The molecular formula is C16H21NO. The molecule has 0 aromatic heterocycles. The Morgan fingerprint density at radius 1 is 1.11 bits per heavy atom. The second-order valence-corrected chi connectivity index (χ2v) is 3.97. The van der Waals surface area contributed by atoms with Gasteiger partial charge in [-0.2, -0.15) is 0 Å². The molecule has 0 aliphatic carbocycles. The number of hydrogen-bond acceptors (Lipinski definition) is 2. The molecule has 0 aliphatic rings. The minimum absolute atomic E-state index is 0.794. The lowest BCUT2D eigenvalue weighted by Crippen LogP contribution is -2.24. The minimum Gasteiger partial charge on any atom is -0.497 e. The highest BCUT2D eigenvalue weighted by molar-refractivity contribution is 5.57. The van der Waals surface area contributed by atoms with E-state index in [0.717, 1.165) is 25.3 Å². The Bertz CT molecular complexity index is 413. The lowest BCUT2D eigenvalue weighted by Gasteiger charge is -2.24. The quantitative estimate of drug-likeness (QED) is 0.647. The molecule has 0 heterocycles. The first-order chi connectivity index (χ1) is 8.76. The summed E-state index contributed by atoms with van der Waals surface area (Å²) in [5.41, 5.74) is 2.38. The van der Waals surface area contributed by atoms with Crippen molar-refractivity contribution in [2.24, 2.45) is 0 Å². The van der Waals surface area contributed by atoms with Crippen LogP contribution in [0.4, 0.5) is 5.69 Å². The second kappa shape index (κ2) is 7.38. The number of rotatable bonds is 8. The first-order valence-corrected chi connectivity index (χ1v) is 6.01. The molecule has 0 unspecified atom stereocenters. The molecule has 1 aromatic carbocycles. The van der Waals surface area contributed by atoms with Gasteiger partial charge in [0.05, 0.1) is 7.11 Å². The number of nitrogens with zero attached hydrogens (tertiary/aromatic N) is 1. The molecule has 0 aliphatic heterocycles. The molecule has 0 spiro atoms. The van der Waals surface area contributed by atoms with Crippen LogP contribution in [0.25, 0.3) is 0 Å². The van der Waals surface area contributed by atoms with Gasteiger partial charge in [-0.3, -0.25) is 0 Å². The Kier molecular flexibility index (Phi) is 5.78. The average Bonchev–Trinajstić information content (AvgIpc) is 2.39. The molecule has 1 aromatic rings. The predicted octanol–water partition coefficient (Wildman–Crippen LogP) is 3.60. The predicted molar refractivity (Wildman–Crippen MR) is 79.5 cm³/mol. The van der Waals surface area contributed by atoms with E-state index in [1.54, 1.807) is 7.11 Å². The SMILES string of the molecule is C=CCc1cc(OC)ccc1N(CC=C)CC=C. The van der Waals surface area contributed by atoms with E-state index in [0.29, 0.717) is 0 Å². The number of allylic oxidation sites excluding steroid dienone is 1. The van der Waals surface area contributed by atoms with E-state index in [4.69, 9.17) is 4.74 Å². The highest BCUT2D eigenvalue weighted by Crippen LogP contribution is 2.26. The lowest BCUT2D eigenvalue weighted by atomic mass is 10.1. The standard InChI is InChI=1S/C16H21NO/c1-5-8-14-13-15(18-4)9-10-16(14)17(11-6-2)12-7-3/h5-7,9-10,13H,1-3,8,11-12H2,4H3. The molecule has 1 rings (SSSR count). The van der Waals surface area contributed by atoms with Crippen LogP contribution in [0.1, 0.15) is 5.56 Å². The first-order valence-electron chi connectivity index (χ1n) is 6.01. The zero-order chi connectivity index (χ0) is 13.4. The van der Waals surface area contributed by atoms with Gasteiger partial charge in [-0.05, 0) is 30.2 Å². The van der Waals surface area contributed by atoms with Crippen molar-refractivity contribution in [3.05, 3.63) is 61.7 Å². The van der Waals surface area contributed by atoms with E-state index in [1.165, 1.54) is 11.3 Å². The molecule has 0 atom stereocenters. The Morgan fingerprint density at radius 2 is 1.78 bits per heavy atom. The van der Waals surface area contributed by atoms with Gasteiger partial charge in [0.15, 0.2) is 0 Å². The summed E-state index contributed by atoms with van der Waals surface area (Å²) in [6, 6.07) is 6.10. The summed E-state index contributed by atoms with van der Waals surface area (Å²) in [6.07, 6.45) is 6.51. The normalized spacial score (nSPS) is 9.61. The summed E-state index contributed by atoms with van der Waals surface area (Å²) >= 11 is 0. The Morgan fingerprint density at radius 3 is 2.28 bits per heavy atom. The van der Waals surface area contributed by atoms with Gasteiger partial charge in [0, 0.05) is 18.8 Å². The lowest BCUT2D eigenvalue weighted by molar-refractivity contribution is 0.414. The van der Waals surface area contributed by atoms with E-state index in [1.807, 2.05) is 24.3 Å². The third-order valence-corrected chi connectivity index (χ3v) is 2.69. The van der Waals surface area contributed by atoms with E-state index < -0.39 is 0 Å². The van der Waals surface area contributed by atoms with Gasteiger partial charge < -0.3 is 9.64 Å². The van der Waals surface area contributed by atoms with Crippen LogP contribution in [0.3, 0.4) is 0 Å². The smallest absolute Gasteiger partial charge is 0.119 e. The highest BCUT2D eigenvalue weighted by Gasteiger charge is 2.09. The van der Waals surface area contributed by atoms with E-state index in [-0.39, 0.29) is 0 Å². The fraction of sp³-hybridized carbons (Fsp3) is 0.250. The van der Waals surface area contributed by atoms with Crippen LogP contribution in [0.15, 0.2) is 56.2 Å². The fourth-order valence-corrected chi connectivity index (χ4v) is 1.90. The van der Waals surface area contributed by atoms with Crippen molar-refractivity contribution in [2.75, 3.05) is 25.1 Å². The van der Waals surface area contributed by atoms with Crippen molar-refractivity contribution in [1.29, 1.82) is 0 Å². The summed E-state index contributed by atoms with van der Waals surface area (Å²) in [4.78, 5) is 2.22. The Balaban J connectivity index is 3.13. The average molecular weight is 243 g/mol. The third kappa shape index (κ3) is 3.52. The zero-order valence-corrected chi connectivity index (χ0v) is 11.1. The topological polar surface area (TPSA) is 12.5 Å². The zero-order valence-electron chi connectivity index (χ0n) is 11.1. The van der Waals surface area contributed by atoms with E-state index >= 15 is 0 Å². The summed E-state index contributed by atoms with van der Waals surface area (Å²) in [5, 5.41) is 0. The molecule has 2 heteroatoms. The summed E-state index contributed by atoms with van der Waals surface area (Å²) in [6.45, 7) is 13.0. The third-order valence-electron chi connectivity index (χ3n) is 2.69. The molecular weight excluding hydrogens is 222 g/mol. The second-order valence-electron chi connectivity index (χ2n) is 3.97. The number of benzene rings is 1. The van der Waals surface area contributed by atoms with Crippen molar-refractivity contribution >= 4 is 5.69 Å². The molecule has 0 radical (unpaired) electrons. The molecule has 18 heavy (non-hydrogen) atoms. The summed E-state index contributed by atoms with van der Waals surface area (Å²) < 4.78 is 5.26. The van der Waals surface area contributed by atoms with Gasteiger partial charge in [0.1, 0.15) is 5.75 Å². The number of methoxy groups -OCH3 is 1. The maximum absolute atomic E-state index is 5.26. The van der Waals surface area contributed by atoms with Crippen LogP contribution < -0.4 is 9.64 Å². The number of anilines is 1. The van der Waals surface area contributed by atoms with Gasteiger partial charge in [0.25, 0.3) is 0 Å². The van der Waals surface area contributed by atoms with Gasteiger partial charge in [-0.1, -0.05) is 18.2 Å². The molecule has 0 amide bonds. The minimum atomic E-state index is 0.794. The molecule has 0 bridgehead atoms. The maximum atomic E-state index is 5.26. The van der Waals surface area contributed by atoms with Crippen LogP contribution in [0, 0.1) is 0 Å². The highest BCUT2D eigenvalue weighted by atomic mass is 16.5. The molecule has 96 valence electrons. The van der Waals surface area contributed by atoms with Crippen molar-refractivity contribution in [3.8, 4) is 5.75 Å². The summed E-state index contributed by atoms with van der Waals surface area (Å²) in [5.74, 6) is 0.868. The molecule has 0 saturated carbocycles. The molecule has 0 N–H and O–H groups in total. The van der Waals surface area contributed by atoms with Crippen molar-refractivity contribution in [3.63, 3.8) is 0 Å². The number of ether oxygens (including phenoxy) is 1. The fourth-order valence-electron chi connectivity index (χ4n) is 1.90. The van der Waals surface area contributed by atoms with E-state index in [2.05, 4.69) is 36.8 Å². The van der Waals surface area contributed by atoms with Crippen LogP contribution >= 0.6 is 0 Å². The first kappa shape index (κ1) is 14.1. The van der Waals surface area contributed by atoms with Crippen molar-refractivity contribution in [1.82, 2.24) is 0 Å². The van der Waals surface area contributed by atoms with Gasteiger partial charge in [-0.15, -0.1) is 19.7 Å². The van der Waals surface area contributed by atoms with Gasteiger partial charge in [0.2, 0.25) is 0 Å². The monoisotopic (exact) mass is 243 g/mol. The molecule has 0 saturated heterocycles. The van der Waals surface area contributed by atoms with Gasteiger partial charge in [-0.25, -0.2) is 0 Å². The van der Waals surface area contributed by atoms with Crippen molar-refractivity contribution < 1.29 is 4.74 Å². The van der Waals surface area contributed by atoms with Crippen LogP contribution in [0.5, 0.6) is 5.75 Å². The van der Waals surface area contributed by atoms with Crippen molar-refractivity contribution in [2.45, 2.75) is 6.42 Å². The van der Waals surface area contributed by atoms with Crippen LogP contribution in [0.2, 0.25) is 0 Å². The van der Waals surface area contributed by atoms with Crippen LogP contribution in [-0.4, -0.2) is 20.2 Å². The maximum Gasteiger partial charge on any atom is 0.119 e. The Hall–Kier alpha value is -1.96. The van der Waals surface area contributed by atoms with E-state index in [9.17, 15) is 0 Å².